The van der Waals surface area contributed by atoms with Crippen molar-refractivity contribution in [2.45, 2.75) is 52.7 Å². The van der Waals surface area contributed by atoms with E-state index in [-0.39, 0.29) is 5.78 Å². The summed E-state index contributed by atoms with van der Waals surface area (Å²) in [7, 11) is 4.33. The molecule has 5 aromatic rings. The van der Waals surface area contributed by atoms with Crippen LogP contribution in [0.25, 0.3) is 5.65 Å². The van der Waals surface area contributed by atoms with Crippen LogP contribution in [0.4, 0.5) is 11.4 Å². The lowest BCUT2D eigenvalue weighted by Gasteiger charge is -2.21. The average molecular weight is 600 g/mol. The Kier molecular flexibility index (Phi) is 8.83. The lowest BCUT2D eigenvalue weighted by molar-refractivity contribution is 0.0993. The zero-order valence-electron chi connectivity index (χ0n) is 26.8. The number of likely N-dealkylation sites (N-methyl/N-ethyl adjacent to an activating group) is 1. The summed E-state index contributed by atoms with van der Waals surface area (Å²) in [5.41, 5.74) is 9.50. The highest BCUT2D eigenvalue weighted by Crippen LogP contribution is 2.23. The van der Waals surface area contributed by atoms with Gasteiger partial charge in [-0.1, -0.05) is 36.3 Å². The predicted molar refractivity (Wildman–Crippen MR) is 180 cm³/mol. The molecule has 0 saturated carbocycles. The Balaban J connectivity index is 1.15. The fourth-order valence-electron chi connectivity index (χ4n) is 5.97. The fraction of sp³-hybridized carbons (Fsp3) is 0.324. The van der Waals surface area contributed by atoms with Gasteiger partial charge in [-0.05, 0) is 87.7 Å². The molecule has 0 amide bonds. The third-order valence-electron chi connectivity index (χ3n) is 8.80. The SMILES string of the molecule is CCn1cc(Nc2cccn3c(C#Cc4cc(C(=O)Cc5ccc(CN6CC[C@H](N(C)C)C6)c(C)c5)ccc4C)cnc23)cn1. The van der Waals surface area contributed by atoms with E-state index in [9.17, 15) is 4.79 Å². The standard InChI is InChI=1S/C37H41N7O/c1-6-43-24-32(21-39-43)40-35-8-7-16-44-33(22-38-37(35)44)14-13-29-20-30(11-9-26(29)2)36(45)19-28-10-12-31(27(3)18-28)23-42-17-15-34(25-42)41(4)5/h7-12,16,18,20-22,24,34,40H,6,15,17,19,23,25H2,1-5H3/t34-/m0/s1. The molecule has 8 nitrogen and oxygen atoms in total. The number of aromatic nitrogens is 4. The van der Waals surface area contributed by atoms with Crippen molar-refractivity contribution >= 4 is 22.8 Å². The molecule has 1 N–H and O–H groups in total. The van der Waals surface area contributed by atoms with E-state index in [2.05, 4.69) is 83.2 Å². The maximum atomic E-state index is 13.4. The number of hydrogen-bond donors (Lipinski definition) is 1. The monoisotopic (exact) mass is 599 g/mol. The van der Waals surface area contributed by atoms with Gasteiger partial charge in [0.05, 0.1) is 23.8 Å². The second-order valence-corrected chi connectivity index (χ2v) is 12.3. The molecule has 45 heavy (non-hydrogen) atoms. The number of carbonyl (C=O) groups is 1. The number of fused-ring (bicyclic) bond motifs is 1. The summed E-state index contributed by atoms with van der Waals surface area (Å²) >= 11 is 0. The third-order valence-corrected chi connectivity index (χ3v) is 8.80. The number of likely N-dealkylation sites (tertiary alicyclic amines) is 1. The lowest BCUT2D eigenvalue weighted by Crippen LogP contribution is -2.31. The van der Waals surface area contributed by atoms with E-state index in [0.29, 0.717) is 18.0 Å². The molecule has 4 heterocycles. The quantitative estimate of drug-likeness (QED) is 0.169. The first-order chi connectivity index (χ1) is 21.8. The number of imidazole rings is 1. The minimum absolute atomic E-state index is 0.0930. The Bertz CT molecular complexity index is 1900. The van der Waals surface area contributed by atoms with Crippen LogP contribution in [0.3, 0.4) is 0 Å². The van der Waals surface area contributed by atoms with Crippen molar-refractivity contribution in [2.24, 2.45) is 0 Å². The van der Waals surface area contributed by atoms with Gasteiger partial charge in [0.25, 0.3) is 0 Å². The number of nitrogens with one attached hydrogen (secondary N) is 1. The van der Waals surface area contributed by atoms with Crippen molar-refractivity contribution in [1.29, 1.82) is 0 Å². The van der Waals surface area contributed by atoms with E-state index in [1.54, 1.807) is 12.4 Å². The number of Topliss-reactive ketones (excluding diaryl/α,β-unsaturated/α-hetero) is 1. The Labute approximate surface area is 265 Å². The van der Waals surface area contributed by atoms with Crippen molar-refractivity contribution in [3.63, 3.8) is 0 Å². The number of benzene rings is 2. The second-order valence-electron chi connectivity index (χ2n) is 12.3. The summed E-state index contributed by atoms with van der Waals surface area (Å²) in [6.45, 7) is 10.2. The molecule has 0 spiro atoms. The first-order valence-electron chi connectivity index (χ1n) is 15.7. The first-order valence-corrected chi connectivity index (χ1v) is 15.7. The van der Waals surface area contributed by atoms with Gasteiger partial charge in [0.15, 0.2) is 11.4 Å². The number of pyridine rings is 1. The highest BCUT2D eigenvalue weighted by atomic mass is 16.1. The summed E-state index contributed by atoms with van der Waals surface area (Å²) < 4.78 is 3.85. The van der Waals surface area contributed by atoms with Crippen LogP contribution in [0.2, 0.25) is 0 Å². The van der Waals surface area contributed by atoms with Crippen molar-refractivity contribution in [3.05, 3.63) is 112 Å². The number of aryl methyl sites for hydroxylation is 3. The van der Waals surface area contributed by atoms with Gasteiger partial charge in [-0.15, -0.1) is 0 Å². The highest BCUT2D eigenvalue weighted by molar-refractivity contribution is 5.98. The number of ketones is 1. The van der Waals surface area contributed by atoms with Crippen LogP contribution in [-0.4, -0.2) is 68.0 Å². The molecular weight excluding hydrogens is 558 g/mol. The Morgan fingerprint density at radius 2 is 1.93 bits per heavy atom. The molecule has 1 saturated heterocycles. The molecule has 0 aliphatic carbocycles. The van der Waals surface area contributed by atoms with Gasteiger partial charge in [0, 0.05) is 62.2 Å². The van der Waals surface area contributed by atoms with Gasteiger partial charge < -0.3 is 10.2 Å². The molecule has 1 aliphatic rings. The number of anilines is 2. The predicted octanol–water partition coefficient (Wildman–Crippen LogP) is 5.87. The van der Waals surface area contributed by atoms with Crippen LogP contribution < -0.4 is 5.32 Å². The van der Waals surface area contributed by atoms with Gasteiger partial charge >= 0.3 is 0 Å². The largest absolute Gasteiger partial charge is 0.350 e. The molecule has 6 rings (SSSR count). The average Bonchev–Trinajstić information content (AvgIpc) is 3.79. The van der Waals surface area contributed by atoms with Crippen molar-refractivity contribution in [2.75, 3.05) is 32.5 Å². The smallest absolute Gasteiger partial charge is 0.167 e. The molecule has 0 unspecified atom stereocenters. The summed E-state index contributed by atoms with van der Waals surface area (Å²) in [5.74, 6) is 6.68. The first kappa shape index (κ1) is 30.3. The molecule has 230 valence electrons. The van der Waals surface area contributed by atoms with Crippen LogP contribution >= 0.6 is 0 Å². The van der Waals surface area contributed by atoms with Crippen molar-refractivity contribution in [1.82, 2.24) is 29.0 Å². The van der Waals surface area contributed by atoms with Gasteiger partial charge in [0.2, 0.25) is 0 Å². The molecule has 0 radical (unpaired) electrons. The van der Waals surface area contributed by atoms with Crippen molar-refractivity contribution in [3.8, 4) is 11.8 Å². The lowest BCUT2D eigenvalue weighted by atomic mass is 9.97. The second kappa shape index (κ2) is 13.1. The summed E-state index contributed by atoms with van der Waals surface area (Å²) in [6.07, 6.45) is 9.09. The topological polar surface area (TPSA) is 70.7 Å². The summed E-state index contributed by atoms with van der Waals surface area (Å²) in [6, 6.07) is 16.9. The van der Waals surface area contributed by atoms with Crippen LogP contribution in [0, 0.1) is 25.7 Å². The van der Waals surface area contributed by atoms with E-state index in [0.717, 1.165) is 65.6 Å². The van der Waals surface area contributed by atoms with E-state index >= 15 is 0 Å². The van der Waals surface area contributed by atoms with E-state index < -0.39 is 0 Å². The van der Waals surface area contributed by atoms with E-state index in [4.69, 9.17) is 0 Å². The van der Waals surface area contributed by atoms with Crippen LogP contribution in [0.1, 0.15) is 57.2 Å². The highest BCUT2D eigenvalue weighted by Gasteiger charge is 2.24. The molecule has 0 bridgehead atoms. The van der Waals surface area contributed by atoms with Gasteiger partial charge in [0.1, 0.15) is 5.69 Å². The fourth-order valence-corrected chi connectivity index (χ4v) is 5.97. The molecule has 1 aliphatic heterocycles. The zero-order chi connectivity index (χ0) is 31.5. The van der Waals surface area contributed by atoms with Gasteiger partial charge in [-0.2, -0.15) is 5.10 Å². The molecule has 8 heteroatoms. The Morgan fingerprint density at radius 1 is 1.07 bits per heavy atom. The number of nitrogens with zero attached hydrogens (tertiary/aromatic N) is 6. The zero-order valence-corrected chi connectivity index (χ0v) is 26.8. The maximum absolute atomic E-state index is 13.4. The molecule has 3 aromatic heterocycles. The minimum Gasteiger partial charge on any atom is -0.350 e. The third kappa shape index (κ3) is 6.85. The van der Waals surface area contributed by atoms with E-state index in [1.165, 1.54) is 17.5 Å². The summed E-state index contributed by atoms with van der Waals surface area (Å²) in [5, 5.41) is 7.75. The molecule has 1 fully saturated rings. The van der Waals surface area contributed by atoms with Crippen molar-refractivity contribution < 1.29 is 4.79 Å². The van der Waals surface area contributed by atoms with Gasteiger partial charge in [-0.25, -0.2) is 4.98 Å². The normalized spacial score (nSPS) is 15.0. The number of hydrogen-bond acceptors (Lipinski definition) is 6. The van der Waals surface area contributed by atoms with E-state index in [1.807, 2.05) is 58.7 Å². The maximum Gasteiger partial charge on any atom is 0.167 e. The van der Waals surface area contributed by atoms with Crippen LogP contribution in [-0.2, 0) is 19.5 Å². The molecule has 1 atom stereocenters. The molecule has 2 aromatic carbocycles. The Hall–Kier alpha value is -4.71. The molecular formula is C37H41N7O. The summed E-state index contributed by atoms with van der Waals surface area (Å²) in [4.78, 5) is 22.9. The number of rotatable bonds is 9. The Morgan fingerprint density at radius 3 is 2.69 bits per heavy atom. The van der Waals surface area contributed by atoms with Crippen LogP contribution in [0.5, 0.6) is 0 Å². The minimum atomic E-state index is 0.0930. The number of carbonyl (C=O) groups excluding carboxylic acids is 1. The van der Waals surface area contributed by atoms with Gasteiger partial charge in [-0.3, -0.25) is 18.8 Å². The van der Waals surface area contributed by atoms with Crippen LogP contribution in [0.15, 0.2) is 73.3 Å².